The number of carbonyl (C=O) groups excluding carboxylic acids is 1. The molecule has 1 saturated heterocycles. The average molecular weight is 485 g/mol. The van der Waals surface area contributed by atoms with E-state index in [1.165, 1.54) is 28.6 Å². The fourth-order valence-corrected chi connectivity index (χ4v) is 5.69. The number of sulfonamides is 1. The Hall–Kier alpha value is -2.88. The minimum atomic E-state index is -3.64. The van der Waals surface area contributed by atoms with Gasteiger partial charge in [-0.25, -0.2) is 12.8 Å². The Kier molecular flexibility index (Phi) is 7.55. The van der Waals surface area contributed by atoms with Crippen LogP contribution >= 0.6 is 0 Å². The van der Waals surface area contributed by atoms with E-state index >= 15 is 0 Å². The van der Waals surface area contributed by atoms with E-state index in [-0.39, 0.29) is 16.5 Å². The summed E-state index contributed by atoms with van der Waals surface area (Å²) in [4.78, 5) is 14.5. The lowest BCUT2D eigenvalue weighted by atomic mass is 10.1. The third-order valence-electron chi connectivity index (χ3n) is 6.08. The normalized spacial score (nSPS) is 15.8. The fraction of sp³-hybridized carbons (Fsp3) is 0.360. The predicted octanol–water partition coefficient (Wildman–Crippen LogP) is 4.10. The second kappa shape index (κ2) is 10.6. The molecule has 1 aromatic heterocycles. The van der Waals surface area contributed by atoms with Crippen molar-refractivity contribution in [3.05, 3.63) is 71.7 Å². The molecule has 0 aliphatic carbocycles. The van der Waals surface area contributed by atoms with Crippen LogP contribution in [0.4, 0.5) is 4.39 Å². The van der Waals surface area contributed by atoms with E-state index in [9.17, 15) is 17.6 Å². The molecule has 0 spiro atoms. The molecule has 1 fully saturated rings. The van der Waals surface area contributed by atoms with E-state index in [1.807, 2.05) is 6.92 Å². The first-order valence-corrected chi connectivity index (χ1v) is 13.0. The Morgan fingerprint density at radius 2 is 1.76 bits per heavy atom. The highest BCUT2D eigenvalue weighted by Gasteiger charge is 2.27. The number of carbonyl (C=O) groups is 1. The van der Waals surface area contributed by atoms with Gasteiger partial charge in [-0.05, 0) is 55.8 Å². The Bertz CT molecular complexity index is 1220. The summed E-state index contributed by atoms with van der Waals surface area (Å²) in [6, 6.07) is 12.5. The van der Waals surface area contributed by atoms with Crippen molar-refractivity contribution in [3.63, 3.8) is 0 Å². The molecule has 180 valence electrons. The number of hydrogen-bond donors (Lipinski definition) is 1. The first kappa shape index (κ1) is 24.3. The zero-order chi connectivity index (χ0) is 24.1. The molecular weight excluding hydrogens is 455 g/mol. The quantitative estimate of drug-likeness (QED) is 0.487. The van der Waals surface area contributed by atoms with Gasteiger partial charge in [0.1, 0.15) is 5.82 Å². The number of ketones is 1. The van der Waals surface area contributed by atoms with Crippen LogP contribution in [-0.2, 0) is 16.6 Å². The van der Waals surface area contributed by atoms with Crippen LogP contribution in [0.25, 0.3) is 11.3 Å². The van der Waals surface area contributed by atoms with Crippen molar-refractivity contribution in [1.29, 1.82) is 0 Å². The van der Waals surface area contributed by atoms with Crippen molar-refractivity contribution >= 4 is 15.8 Å². The molecule has 7 nitrogen and oxygen atoms in total. The summed E-state index contributed by atoms with van der Waals surface area (Å²) in [6.07, 6.45) is 3.68. The molecule has 0 unspecified atom stereocenters. The van der Waals surface area contributed by atoms with Gasteiger partial charge in [-0.15, -0.1) is 0 Å². The van der Waals surface area contributed by atoms with E-state index in [0.717, 1.165) is 29.8 Å². The second-order valence-corrected chi connectivity index (χ2v) is 10.4. The molecule has 4 rings (SSSR count). The van der Waals surface area contributed by atoms with Gasteiger partial charge in [0.2, 0.25) is 10.0 Å². The smallest absolute Gasteiger partial charge is 0.243 e. The number of benzene rings is 2. The van der Waals surface area contributed by atoms with Crippen molar-refractivity contribution in [3.8, 4) is 11.3 Å². The van der Waals surface area contributed by atoms with Gasteiger partial charge in [-0.1, -0.05) is 19.1 Å². The summed E-state index contributed by atoms with van der Waals surface area (Å²) in [6.45, 7) is 4.71. The molecular formula is C25H29FN4O3S. The van der Waals surface area contributed by atoms with Crippen LogP contribution in [-0.4, -0.2) is 59.8 Å². The predicted molar refractivity (Wildman–Crippen MR) is 128 cm³/mol. The van der Waals surface area contributed by atoms with Gasteiger partial charge >= 0.3 is 0 Å². The summed E-state index contributed by atoms with van der Waals surface area (Å²) in [5.74, 6) is -0.267. The van der Waals surface area contributed by atoms with Gasteiger partial charge in [0.25, 0.3) is 0 Å². The molecule has 0 saturated carbocycles. The number of aromatic nitrogens is 2. The molecule has 1 aliphatic rings. The molecule has 1 N–H and O–H groups in total. The lowest BCUT2D eigenvalue weighted by Gasteiger charge is -2.22. The highest BCUT2D eigenvalue weighted by Crippen LogP contribution is 2.24. The molecule has 3 aromatic rings. The molecule has 9 heteroatoms. The van der Waals surface area contributed by atoms with Gasteiger partial charge in [-0.2, -0.15) is 9.40 Å². The van der Waals surface area contributed by atoms with Gasteiger partial charge in [0.05, 0.1) is 16.8 Å². The van der Waals surface area contributed by atoms with Gasteiger partial charge in [0, 0.05) is 49.3 Å². The summed E-state index contributed by atoms with van der Waals surface area (Å²) >= 11 is 0. The number of rotatable bonds is 8. The van der Waals surface area contributed by atoms with E-state index < -0.39 is 10.0 Å². The number of Topliss-reactive ketones (excluding diaryl/α,β-unsaturated/α-hetero) is 1. The topological polar surface area (TPSA) is 86.4 Å². The number of nitrogens with one attached hydrogen (secondary N) is 1. The lowest BCUT2D eigenvalue weighted by Crippen LogP contribution is -2.35. The number of H-pyrrole nitrogens is 1. The summed E-state index contributed by atoms with van der Waals surface area (Å²) in [7, 11) is -3.64. The summed E-state index contributed by atoms with van der Waals surface area (Å²) in [5, 5.41) is 7.15. The SMILES string of the molecule is CCCC(=O)c1ccc(S(=O)(=O)N2CCCN(Cc3cn[nH]c3-c3ccc(F)cc3)CC2)cc1. The molecule has 0 atom stereocenters. The first-order valence-electron chi connectivity index (χ1n) is 11.5. The first-order chi connectivity index (χ1) is 16.4. The van der Waals surface area contributed by atoms with Gasteiger partial charge in [0.15, 0.2) is 5.78 Å². The molecule has 0 bridgehead atoms. The Morgan fingerprint density at radius 3 is 2.47 bits per heavy atom. The zero-order valence-corrected chi connectivity index (χ0v) is 20.0. The van der Waals surface area contributed by atoms with Crippen molar-refractivity contribution in [2.24, 2.45) is 0 Å². The van der Waals surface area contributed by atoms with Crippen molar-refractivity contribution in [2.45, 2.75) is 37.6 Å². The number of halogens is 1. The maximum absolute atomic E-state index is 13.3. The molecule has 0 amide bonds. The minimum absolute atomic E-state index is 0.0242. The Balaban J connectivity index is 1.42. The third kappa shape index (κ3) is 5.43. The fourth-order valence-electron chi connectivity index (χ4n) is 4.22. The molecule has 34 heavy (non-hydrogen) atoms. The zero-order valence-electron chi connectivity index (χ0n) is 19.2. The van der Waals surface area contributed by atoms with Crippen LogP contribution in [0.3, 0.4) is 0 Å². The standard InChI is InChI=1S/C25H29FN4O3S/c1-2-4-24(31)19-7-11-23(12-8-19)34(32,33)30-14-3-13-29(15-16-30)18-21-17-27-28-25(21)20-5-9-22(26)10-6-20/h5-12,17H,2-4,13-16,18H2,1H3,(H,27,28). The Labute approximate surface area is 199 Å². The third-order valence-corrected chi connectivity index (χ3v) is 8.00. The maximum Gasteiger partial charge on any atom is 0.243 e. The van der Waals surface area contributed by atoms with Crippen LogP contribution in [0.1, 0.15) is 42.1 Å². The number of nitrogens with zero attached hydrogens (tertiary/aromatic N) is 3. The van der Waals surface area contributed by atoms with Gasteiger partial charge < -0.3 is 0 Å². The minimum Gasteiger partial charge on any atom is -0.298 e. The summed E-state index contributed by atoms with van der Waals surface area (Å²) in [5.41, 5.74) is 3.22. The van der Waals surface area contributed by atoms with Crippen LogP contribution in [0.15, 0.2) is 59.6 Å². The lowest BCUT2D eigenvalue weighted by molar-refractivity contribution is 0.0981. The average Bonchev–Trinajstić information content (AvgIpc) is 3.15. The van der Waals surface area contributed by atoms with E-state index in [4.69, 9.17) is 0 Å². The number of aromatic amines is 1. The van der Waals surface area contributed by atoms with Crippen molar-refractivity contribution in [2.75, 3.05) is 26.2 Å². The molecule has 2 aromatic carbocycles. The van der Waals surface area contributed by atoms with E-state index in [0.29, 0.717) is 44.6 Å². The van der Waals surface area contributed by atoms with Crippen LogP contribution in [0, 0.1) is 5.82 Å². The highest BCUT2D eigenvalue weighted by atomic mass is 32.2. The number of hydrogen-bond acceptors (Lipinski definition) is 5. The molecule has 2 heterocycles. The van der Waals surface area contributed by atoms with Crippen molar-refractivity contribution < 1.29 is 17.6 Å². The summed E-state index contributed by atoms with van der Waals surface area (Å²) < 4.78 is 41.2. The highest BCUT2D eigenvalue weighted by molar-refractivity contribution is 7.89. The van der Waals surface area contributed by atoms with E-state index in [1.54, 1.807) is 30.5 Å². The van der Waals surface area contributed by atoms with Crippen molar-refractivity contribution in [1.82, 2.24) is 19.4 Å². The largest absolute Gasteiger partial charge is 0.298 e. The van der Waals surface area contributed by atoms with E-state index in [2.05, 4.69) is 15.1 Å². The monoisotopic (exact) mass is 484 g/mol. The second-order valence-electron chi connectivity index (χ2n) is 8.51. The van der Waals surface area contributed by atoms with Gasteiger partial charge in [-0.3, -0.25) is 14.8 Å². The Morgan fingerprint density at radius 1 is 1.03 bits per heavy atom. The maximum atomic E-state index is 13.3. The van der Waals surface area contributed by atoms with Crippen LogP contribution < -0.4 is 0 Å². The van der Waals surface area contributed by atoms with Crippen LogP contribution in [0.5, 0.6) is 0 Å². The molecule has 1 aliphatic heterocycles. The van der Waals surface area contributed by atoms with Crippen LogP contribution in [0.2, 0.25) is 0 Å². The molecule has 0 radical (unpaired) electrons.